The number of ketones is 1. The summed E-state index contributed by atoms with van der Waals surface area (Å²) in [5, 5.41) is 6.41. The van der Waals surface area contributed by atoms with Gasteiger partial charge in [-0.2, -0.15) is 0 Å². The molecule has 1 heterocycles. The van der Waals surface area contributed by atoms with Crippen LogP contribution < -0.4 is 5.32 Å². The molecule has 6 heteroatoms. The van der Waals surface area contributed by atoms with E-state index in [1.54, 1.807) is 35.6 Å². The molecule has 0 bridgehead atoms. The third kappa shape index (κ3) is 4.77. The molecule has 3 rings (SSSR count). The van der Waals surface area contributed by atoms with Crippen LogP contribution in [0.1, 0.15) is 28.2 Å². The van der Waals surface area contributed by atoms with Gasteiger partial charge in [0, 0.05) is 40.1 Å². The number of nitrogens with zero attached hydrogens (tertiary/aromatic N) is 1. The highest BCUT2D eigenvalue weighted by Crippen LogP contribution is 2.23. The van der Waals surface area contributed by atoms with E-state index in [1.807, 2.05) is 36.6 Å². The van der Waals surface area contributed by atoms with Crippen LogP contribution in [0.2, 0.25) is 5.02 Å². The normalized spacial score (nSPS) is 10.5. The zero-order chi connectivity index (χ0) is 18.5. The summed E-state index contributed by atoms with van der Waals surface area (Å²) in [6, 6.07) is 14.2. The summed E-state index contributed by atoms with van der Waals surface area (Å²) in [7, 11) is 0. The van der Waals surface area contributed by atoms with Gasteiger partial charge in [0.15, 0.2) is 5.78 Å². The van der Waals surface area contributed by atoms with E-state index in [4.69, 9.17) is 11.6 Å². The van der Waals surface area contributed by atoms with E-state index in [2.05, 4.69) is 10.3 Å². The number of nitrogens with one attached hydrogen (secondary N) is 1. The Morgan fingerprint density at radius 3 is 2.35 bits per heavy atom. The summed E-state index contributed by atoms with van der Waals surface area (Å²) in [5.41, 5.74) is 3.19. The monoisotopic (exact) mass is 384 g/mol. The lowest BCUT2D eigenvalue weighted by Crippen LogP contribution is -2.13. The maximum Gasteiger partial charge on any atom is 0.224 e. The van der Waals surface area contributed by atoms with Crippen molar-refractivity contribution in [3.8, 4) is 11.3 Å². The summed E-state index contributed by atoms with van der Waals surface area (Å²) in [5.74, 6) is -0.268. The molecular formula is C20H17ClN2O2S. The number of benzene rings is 2. The fraction of sp³-hybridized carbons (Fsp3) is 0.150. The molecule has 0 aliphatic heterocycles. The number of carbonyl (C=O) groups excluding carboxylic acids is 2. The number of halogens is 1. The second kappa shape index (κ2) is 8.25. The number of anilines is 1. The molecule has 0 fully saturated rings. The number of thiazole rings is 1. The Morgan fingerprint density at radius 2 is 1.73 bits per heavy atom. The molecule has 0 unspecified atom stereocenters. The van der Waals surface area contributed by atoms with Gasteiger partial charge >= 0.3 is 0 Å². The van der Waals surface area contributed by atoms with Crippen molar-refractivity contribution in [2.45, 2.75) is 19.8 Å². The standard InChI is InChI=1S/C20H17ClN2O2S/c1-13-22-18(12-26-13)14-4-8-17(9-5-14)23-20(25)11-10-19(24)15-2-6-16(21)7-3-15/h2-9,12H,10-11H2,1H3,(H,23,25). The maximum absolute atomic E-state index is 12.1. The van der Waals surface area contributed by atoms with Crippen LogP contribution in [0, 0.1) is 6.92 Å². The molecule has 0 saturated carbocycles. The Kier molecular flexibility index (Phi) is 5.81. The molecular weight excluding hydrogens is 368 g/mol. The minimum atomic E-state index is -0.190. The molecule has 3 aromatic rings. The van der Waals surface area contributed by atoms with E-state index < -0.39 is 0 Å². The van der Waals surface area contributed by atoms with Gasteiger partial charge in [-0.3, -0.25) is 9.59 Å². The van der Waals surface area contributed by atoms with Gasteiger partial charge in [0.1, 0.15) is 0 Å². The van der Waals surface area contributed by atoms with Crippen molar-refractivity contribution in [1.82, 2.24) is 4.98 Å². The zero-order valence-electron chi connectivity index (χ0n) is 14.2. The van der Waals surface area contributed by atoms with Gasteiger partial charge in [0.05, 0.1) is 10.7 Å². The molecule has 0 spiro atoms. The Balaban J connectivity index is 1.53. The van der Waals surface area contributed by atoms with Crippen LogP contribution in [0.3, 0.4) is 0 Å². The first-order valence-corrected chi connectivity index (χ1v) is 9.38. The van der Waals surface area contributed by atoms with Gasteiger partial charge in [0.2, 0.25) is 5.91 Å². The first-order valence-electron chi connectivity index (χ1n) is 8.12. The molecule has 0 saturated heterocycles. The van der Waals surface area contributed by atoms with Crippen molar-refractivity contribution in [3.05, 3.63) is 69.5 Å². The summed E-state index contributed by atoms with van der Waals surface area (Å²) in [6.07, 6.45) is 0.290. The zero-order valence-corrected chi connectivity index (χ0v) is 15.7. The minimum Gasteiger partial charge on any atom is -0.326 e. The van der Waals surface area contributed by atoms with Crippen LogP contribution in [0.4, 0.5) is 5.69 Å². The van der Waals surface area contributed by atoms with Crippen molar-refractivity contribution in [2.24, 2.45) is 0 Å². The van der Waals surface area contributed by atoms with Crippen LogP contribution >= 0.6 is 22.9 Å². The van der Waals surface area contributed by atoms with E-state index in [1.165, 1.54) is 0 Å². The Bertz CT molecular complexity index is 918. The smallest absolute Gasteiger partial charge is 0.224 e. The van der Waals surface area contributed by atoms with Gasteiger partial charge in [-0.1, -0.05) is 23.7 Å². The molecule has 1 amide bonds. The first-order chi connectivity index (χ1) is 12.5. The van der Waals surface area contributed by atoms with Gasteiger partial charge in [-0.15, -0.1) is 11.3 Å². The third-order valence-corrected chi connectivity index (χ3v) is 4.85. The Hall–Kier alpha value is -2.50. The summed E-state index contributed by atoms with van der Waals surface area (Å²) in [6.45, 7) is 1.97. The number of hydrogen-bond acceptors (Lipinski definition) is 4. The summed E-state index contributed by atoms with van der Waals surface area (Å²) < 4.78 is 0. The second-order valence-electron chi connectivity index (χ2n) is 5.81. The van der Waals surface area contributed by atoms with Crippen LogP contribution in [0.25, 0.3) is 11.3 Å². The van der Waals surface area contributed by atoms with Crippen molar-refractivity contribution < 1.29 is 9.59 Å². The highest BCUT2D eigenvalue weighted by Gasteiger charge is 2.10. The van der Waals surface area contributed by atoms with Crippen LogP contribution in [0.15, 0.2) is 53.9 Å². The number of aryl methyl sites for hydroxylation is 1. The van der Waals surface area contributed by atoms with E-state index in [-0.39, 0.29) is 24.5 Å². The van der Waals surface area contributed by atoms with Gasteiger partial charge in [-0.05, 0) is 43.3 Å². The van der Waals surface area contributed by atoms with Gasteiger partial charge < -0.3 is 5.32 Å². The van der Waals surface area contributed by atoms with Crippen molar-refractivity contribution in [2.75, 3.05) is 5.32 Å². The number of amides is 1. The largest absolute Gasteiger partial charge is 0.326 e. The summed E-state index contributed by atoms with van der Waals surface area (Å²) in [4.78, 5) is 28.6. The first kappa shape index (κ1) is 18.3. The maximum atomic E-state index is 12.1. The Morgan fingerprint density at radius 1 is 1.04 bits per heavy atom. The van der Waals surface area contributed by atoms with E-state index >= 15 is 0 Å². The molecule has 0 radical (unpaired) electrons. The summed E-state index contributed by atoms with van der Waals surface area (Å²) >= 11 is 7.41. The number of rotatable bonds is 6. The topological polar surface area (TPSA) is 59.1 Å². The van der Waals surface area contributed by atoms with Crippen LogP contribution in [-0.2, 0) is 4.79 Å². The average molecular weight is 385 g/mol. The Labute approximate surface area is 160 Å². The molecule has 4 nitrogen and oxygen atoms in total. The predicted molar refractivity (Wildman–Crippen MR) is 106 cm³/mol. The molecule has 1 aromatic heterocycles. The lowest BCUT2D eigenvalue weighted by molar-refractivity contribution is -0.116. The minimum absolute atomic E-state index is 0.0777. The fourth-order valence-electron chi connectivity index (χ4n) is 2.45. The lowest BCUT2D eigenvalue weighted by Gasteiger charge is -2.06. The number of Topliss-reactive ketones (excluding diaryl/α,β-unsaturated/α-hetero) is 1. The quantitative estimate of drug-likeness (QED) is 0.581. The molecule has 0 aliphatic rings. The van der Waals surface area contributed by atoms with Crippen molar-refractivity contribution in [3.63, 3.8) is 0 Å². The molecule has 0 atom stereocenters. The van der Waals surface area contributed by atoms with Gasteiger partial charge in [-0.25, -0.2) is 4.98 Å². The lowest BCUT2D eigenvalue weighted by atomic mass is 10.1. The molecule has 132 valence electrons. The molecule has 1 N–H and O–H groups in total. The van der Waals surface area contributed by atoms with E-state index in [0.29, 0.717) is 16.3 Å². The molecule has 2 aromatic carbocycles. The third-order valence-electron chi connectivity index (χ3n) is 3.83. The SMILES string of the molecule is Cc1nc(-c2ccc(NC(=O)CCC(=O)c3ccc(Cl)cc3)cc2)cs1. The number of hydrogen-bond donors (Lipinski definition) is 1. The van der Waals surface area contributed by atoms with Crippen LogP contribution in [0.5, 0.6) is 0 Å². The van der Waals surface area contributed by atoms with Crippen LogP contribution in [-0.4, -0.2) is 16.7 Å². The number of aromatic nitrogens is 1. The molecule has 26 heavy (non-hydrogen) atoms. The predicted octanol–water partition coefficient (Wildman–Crippen LogP) is 5.37. The van der Waals surface area contributed by atoms with Gasteiger partial charge in [0.25, 0.3) is 0 Å². The second-order valence-corrected chi connectivity index (χ2v) is 7.31. The van der Waals surface area contributed by atoms with Crippen molar-refractivity contribution in [1.29, 1.82) is 0 Å². The average Bonchev–Trinajstić information content (AvgIpc) is 3.07. The van der Waals surface area contributed by atoms with E-state index in [0.717, 1.165) is 16.3 Å². The fourth-order valence-corrected chi connectivity index (χ4v) is 3.20. The van der Waals surface area contributed by atoms with Crippen molar-refractivity contribution >= 4 is 40.3 Å². The highest BCUT2D eigenvalue weighted by atomic mass is 35.5. The molecule has 0 aliphatic carbocycles. The number of carbonyl (C=O) groups is 2. The highest BCUT2D eigenvalue weighted by molar-refractivity contribution is 7.09. The van der Waals surface area contributed by atoms with E-state index in [9.17, 15) is 9.59 Å².